The van der Waals surface area contributed by atoms with Gasteiger partial charge < -0.3 is 11.1 Å². The topological polar surface area (TPSA) is 50.9 Å². The van der Waals surface area contributed by atoms with Crippen molar-refractivity contribution in [2.24, 2.45) is 11.7 Å². The van der Waals surface area contributed by atoms with Gasteiger partial charge in [0.05, 0.1) is 5.56 Å². The van der Waals surface area contributed by atoms with Crippen molar-refractivity contribution in [3.8, 4) is 0 Å². The third-order valence-electron chi connectivity index (χ3n) is 3.41. The van der Waals surface area contributed by atoms with Crippen molar-refractivity contribution in [3.05, 3.63) is 23.4 Å². The highest BCUT2D eigenvalue weighted by molar-refractivity contribution is 7.80. The Hall–Kier alpha value is -1.16. The number of hydrogen-bond acceptors (Lipinski definition) is 3. The Bertz CT molecular complexity index is 430. The normalized spacial score (nSPS) is 10.8. The molecule has 0 bridgehead atoms. The predicted molar refractivity (Wildman–Crippen MR) is 91.3 cm³/mol. The van der Waals surface area contributed by atoms with Crippen molar-refractivity contribution in [1.82, 2.24) is 4.98 Å². The smallest absolute Gasteiger partial charge is 0.136 e. The highest BCUT2D eigenvalue weighted by atomic mass is 32.1. The maximum atomic E-state index is 5.77. The molecule has 0 fully saturated rings. The molecule has 1 aromatic rings. The molecule has 0 aliphatic carbocycles. The third-order valence-corrected chi connectivity index (χ3v) is 3.61. The summed E-state index contributed by atoms with van der Waals surface area (Å²) in [4.78, 5) is 4.75. The van der Waals surface area contributed by atoms with Crippen LogP contribution in [0.15, 0.2) is 12.3 Å². The van der Waals surface area contributed by atoms with Crippen molar-refractivity contribution in [1.29, 1.82) is 0 Å². The first kappa shape index (κ1) is 16.9. The van der Waals surface area contributed by atoms with Gasteiger partial charge >= 0.3 is 0 Å². The minimum absolute atomic E-state index is 0.412. The van der Waals surface area contributed by atoms with Gasteiger partial charge in [-0.3, -0.25) is 0 Å². The van der Waals surface area contributed by atoms with Crippen LogP contribution in [0.5, 0.6) is 0 Å². The minimum atomic E-state index is 0.412. The number of nitrogens with zero attached hydrogens (tertiary/aromatic N) is 1. The molecule has 1 heterocycles. The SMILES string of the molecule is Cc1ccnc(NCCCCCCC(C)C)c1C(N)=S. The van der Waals surface area contributed by atoms with Gasteiger partial charge in [-0.2, -0.15) is 0 Å². The highest BCUT2D eigenvalue weighted by Crippen LogP contribution is 2.16. The van der Waals surface area contributed by atoms with E-state index in [1.54, 1.807) is 6.20 Å². The van der Waals surface area contributed by atoms with Crippen LogP contribution in [0.4, 0.5) is 5.82 Å². The van der Waals surface area contributed by atoms with E-state index in [9.17, 15) is 0 Å². The first-order valence-corrected chi connectivity index (χ1v) is 7.92. The summed E-state index contributed by atoms with van der Waals surface area (Å²) in [6.07, 6.45) is 8.18. The molecule has 0 spiro atoms. The van der Waals surface area contributed by atoms with E-state index in [-0.39, 0.29) is 0 Å². The summed E-state index contributed by atoms with van der Waals surface area (Å²) >= 11 is 5.10. The summed E-state index contributed by atoms with van der Waals surface area (Å²) in [5, 5.41) is 3.36. The molecule has 0 radical (unpaired) electrons. The van der Waals surface area contributed by atoms with Crippen LogP contribution in [0.25, 0.3) is 0 Å². The van der Waals surface area contributed by atoms with E-state index >= 15 is 0 Å². The molecule has 3 nitrogen and oxygen atoms in total. The lowest BCUT2D eigenvalue weighted by Gasteiger charge is -2.12. The van der Waals surface area contributed by atoms with E-state index in [0.29, 0.717) is 4.99 Å². The molecule has 0 amide bonds. The van der Waals surface area contributed by atoms with E-state index in [0.717, 1.165) is 35.8 Å². The van der Waals surface area contributed by atoms with E-state index < -0.39 is 0 Å². The Morgan fingerprint density at radius 3 is 2.65 bits per heavy atom. The number of unbranched alkanes of at least 4 members (excludes halogenated alkanes) is 3. The highest BCUT2D eigenvalue weighted by Gasteiger charge is 2.08. The molecule has 1 aromatic heterocycles. The Kier molecular flexibility index (Phi) is 7.52. The summed E-state index contributed by atoms with van der Waals surface area (Å²) < 4.78 is 0. The number of aryl methyl sites for hydroxylation is 1. The van der Waals surface area contributed by atoms with Crippen molar-refractivity contribution in [2.45, 2.75) is 52.9 Å². The monoisotopic (exact) mass is 293 g/mol. The number of rotatable bonds is 9. The number of hydrogen-bond donors (Lipinski definition) is 2. The van der Waals surface area contributed by atoms with Crippen molar-refractivity contribution in [3.63, 3.8) is 0 Å². The maximum Gasteiger partial charge on any atom is 0.136 e. The van der Waals surface area contributed by atoms with Crippen LogP contribution < -0.4 is 11.1 Å². The van der Waals surface area contributed by atoms with Crippen molar-refractivity contribution >= 4 is 23.0 Å². The first-order valence-electron chi connectivity index (χ1n) is 7.51. The van der Waals surface area contributed by atoms with Gasteiger partial charge in [0.1, 0.15) is 10.8 Å². The van der Waals surface area contributed by atoms with Gasteiger partial charge in [-0.25, -0.2) is 4.98 Å². The number of aromatic nitrogens is 1. The maximum absolute atomic E-state index is 5.77. The predicted octanol–water partition coefficient (Wildman–Crippen LogP) is 4.04. The molecule has 0 atom stereocenters. The Balaban J connectivity index is 2.32. The Labute approximate surface area is 128 Å². The van der Waals surface area contributed by atoms with Crippen molar-refractivity contribution in [2.75, 3.05) is 11.9 Å². The van der Waals surface area contributed by atoms with Crippen molar-refractivity contribution < 1.29 is 0 Å². The lowest BCUT2D eigenvalue weighted by atomic mass is 10.0. The molecule has 0 aliphatic rings. The van der Waals surface area contributed by atoms with Crippen LogP contribution in [0, 0.1) is 12.8 Å². The largest absolute Gasteiger partial charge is 0.389 e. The zero-order valence-corrected chi connectivity index (χ0v) is 13.7. The molecule has 0 unspecified atom stereocenters. The first-order chi connectivity index (χ1) is 9.52. The zero-order chi connectivity index (χ0) is 15.0. The molecule has 0 saturated heterocycles. The van der Waals surface area contributed by atoms with Gasteiger partial charge in [-0.15, -0.1) is 0 Å². The summed E-state index contributed by atoms with van der Waals surface area (Å²) in [7, 11) is 0. The van der Waals surface area contributed by atoms with Gasteiger partial charge in [0.15, 0.2) is 0 Å². The van der Waals surface area contributed by atoms with Gasteiger partial charge in [0.2, 0.25) is 0 Å². The van der Waals surface area contributed by atoms with Gasteiger partial charge in [-0.05, 0) is 30.9 Å². The molecule has 0 saturated carbocycles. The third kappa shape index (κ3) is 5.87. The average Bonchev–Trinajstić information content (AvgIpc) is 2.36. The lowest BCUT2D eigenvalue weighted by molar-refractivity contribution is 0.523. The van der Waals surface area contributed by atoms with Gasteiger partial charge in [0, 0.05) is 12.7 Å². The average molecular weight is 293 g/mol. The second-order valence-electron chi connectivity index (χ2n) is 5.74. The van der Waals surface area contributed by atoms with Crippen LogP contribution in [0.2, 0.25) is 0 Å². The van der Waals surface area contributed by atoms with Crippen LogP contribution in [0.3, 0.4) is 0 Å². The molecular formula is C16H27N3S. The molecule has 20 heavy (non-hydrogen) atoms. The van der Waals surface area contributed by atoms with E-state index in [1.165, 1.54) is 25.7 Å². The number of anilines is 1. The molecule has 0 aromatic carbocycles. The lowest BCUT2D eigenvalue weighted by Crippen LogP contribution is -2.16. The summed E-state index contributed by atoms with van der Waals surface area (Å²) in [6, 6.07) is 1.94. The summed E-state index contributed by atoms with van der Waals surface area (Å²) in [5.74, 6) is 1.64. The molecule has 1 rings (SSSR count). The number of thiocarbonyl (C=S) groups is 1. The standard InChI is InChI=1S/C16H27N3S/c1-12(2)8-6-4-5-7-10-18-16-14(15(17)20)13(3)9-11-19-16/h9,11-12H,4-8,10H2,1-3H3,(H2,17,20)(H,18,19). The summed E-state index contributed by atoms with van der Waals surface area (Å²) in [6.45, 7) is 7.49. The quantitative estimate of drug-likeness (QED) is 0.533. The van der Waals surface area contributed by atoms with Crippen LogP contribution in [-0.2, 0) is 0 Å². The van der Waals surface area contributed by atoms with Crippen LogP contribution >= 0.6 is 12.2 Å². The summed E-state index contributed by atoms with van der Waals surface area (Å²) in [5.41, 5.74) is 7.72. The minimum Gasteiger partial charge on any atom is -0.389 e. The fraction of sp³-hybridized carbons (Fsp3) is 0.625. The van der Waals surface area contributed by atoms with Gasteiger partial charge in [0.25, 0.3) is 0 Å². The molecule has 0 aliphatic heterocycles. The molecule has 4 heteroatoms. The molecule has 3 N–H and O–H groups in total. The second kappa shape index (κ2) is 8.90. The number of nitrogens with two attached hydrogens (primary N) is 1. The second-order valence-corrected chi connectivity index (χ2v) is 6.18. The van der Waals surface area contributed by atoms with Crippen LogP contribution in [-0.4, -0.2) is 16.5 Å². The Morgan fingerprint density at radius 1 is 1.30 bits per heavy atom. The fourth-order valence-corrected chi connectivity index (χ4v) is 2.50. The van der Waals surface area contributed by atoms with E-state index in [1.807, 2.05) is 13.0 Å². The zero-order valence-electron chi connectivity index (χ0n) is 12.9. The van der Waals surface area contributed by atoms with E-state index in [4.69, 9.17) is 18.0 Å². The van der Waals surface area contributed by atoms with Crippen LogP contribution in [0.1, 0.15) is 57.1 Å². The fourth-order valence-electron chi connectivity index (χ4n) is 2.24. The molecular weight excluding hydrogens is 266 g/mol. The van der Waals surface area contributed by atoms with E-state index in [2.05, 4.69) is 24.1 Å². The number of pyridine rings is 1. The number of nitrogens with one attached hydrogen (secondary N) is 1. The van der Waals surface area contributed by atoms with Gasteiger partial charge in [-0.1, -0.05) is 51.7 Å². The molecule has 112 valence electrons. The Morgan fingerprint density at radius 2 is 2.00 bits per heavy atom.